The van der Waals surface area contributed by atoms with E-state index >= 15 is 0 Å². The first-order valence-electron chi connectivity index (χ1n) is 18.4. The van der Waals surface area contributed by atoms with Gasteiger partial charge >= 0.3 is 18.0 Å². The quantitative estimate of drug-likeness (QED) is 0.108. The van der Waals surface area contributed by atoms with Crippen LogP contribution in [-0.4, -0.2) is 145 Å². The molecule has 0 bridgehead atoms. The van der Waals surface area contributed by atoms with E-state index in [1.165, 1.54) is 52.1 Å². The minimum Gasteiger partial charge on any atom is -0.508 e. The van der Waals surface area contributed by atoms with E-state index in [0.29, 0.717) is 5.75 Å². The summed E-state index contributed by atoms with van der Waals surface area (Å²) < 4.78 is 36.0. The third-order valence-corrected chi connectivity index (χ3v) is 5.53. The molecule has 0 atom stereocenters. The molecule has 2 amide bonds. The predicted octanol–water partition coefficient (Wildman–Crippen LogP) is 3.78. The number of carbonyl (C=O) groups excluding carboxylic acids is 2. The Hall–Kier alpha value is -5.84. The number of carbonyl (C=O) groups is 2. The maximum atomic E-state index is 12.0. The van der Waals surface area contributed by atoms with Crippen LogP contribution >= 0.6 is 0 Å². The number of rotatable bonds is 20. The predicted molar refractivity (Wildman–Crippen MR) is 228 cm³/mol. The molecular formula is C39H65N9O12. The number of para-hydroxylation sites is 1. The summed E-state index contributed by atoms with van der Waals surface area (Å²) >= 11 is 0. The number of phenolic OH excluding ortho intramolecular Hbond substituents is 1. The Labute approximate surface area is 353 Å². The van der Waals surface area contributed by atoms with Crippen LogP contribution in [0.3, 0.4) is 0 Å². The average molecular weight is 852 g/mol. The second kappa shape index (κ2) is 40.0. The van der Waals surface area contributed by atoms with Crippen molar-refractivity contribution in [3.63, 3.8) is 0 Å². The van der Waals surface area contributed by atoms with Crippen LogP contribution < -0.4 is 28.9 Å². The van der Waals surface area contributed by atoms with E-state index in [9.17, 15) is 9.59 Å². The molecule has 338 valence electrons. The highest BCUT2D eigenvalue weighted by atomic mass is 16.5. The number of hydrogen-bond acceptors (Lipinski definition) is 19. The molecule has 0 aliphatic heterocycles. The smallest absolute Gasteiger partial charge is 0.326 e. The van der Waals surface area contributed by atoms with Gasteiger partial charge in [-0.05, 0) is 26.0 Å². The lowest BCUT2D eigenvalue weighted by Crippen LogP contribution is -2.37. The fourth-order valence-electron chi connectivity index (χ4n) is 3.37. The molecule has 21 heteroatoms. The van der Waals surface area contributed by atoms with Crippen LogP contribution in [-0.2, 0) is 28.5 Å². The summed E-state index contributed by atoms with van der Waals surface area (Å²) in [5.74, 6) is -0.170. The molecule has 3 N–H and O–H groups in total. The summed E-state index contributed by atoms with van der Waals surface area (Å²) in [6, 6.07) is 9.05. The van der Waals surface area contributed by atoms with Crippen LogP contribution in [0.2, 0.25) is 0 Å². The monoisotopic (exact) mass is 851 g/mol. The fraction of sp³-hybridized carbons (Fsp3) is 0.487. The molecule has 0 radical (unpaired) electrons. The van der Waals surface area contributed by atoms with E-state index < -0.39 is 0 Å². The number of methoxy groups -OCH3 is 4. The van der Waals surface area contributed by atoms with Crippen LogP contribution in [0.25, 0.3) is 0 Å². The van der Waals surface area contributed by atoms with Gasteiger partial charge in [0.2, 0.25) is 29.7 Å². The van der Waals surface area contributed by atoms with Crippen molar-refractivity contribution in [1.29, 1.82) is 0 Å². The number of benzene rings is 1. The number of aromatic hydroxyl groups is 1. The van der Waals surface area contributed by atoms with Crippen LogP contribution in [0.4, 0.5) is 17.8 Å². The topological polar surface area (TPSA) is 247 Å². The minimum atomic E-state index is -0.342. The number of nitrogens with zero attached hydrogens (tertiary/aromatic N) is 9. The Kier molecular flexibility index (Phi) is 38.9. The molecule has 0 spiro atoms. The molecule has 21 nitrogen and oxygen atoms in total. The Balaban J connectivity index is -0.000000836. The second-order valence-electron chi connectivity index (χ2n) is 10.3. The molecule has 0 unspecified atom stereocenters. The summed E-state index contributed by atoms with van der Waals surface area (Å²) in [5, 5.41) is 23.8. The zero-order valence-electron chi connectivity index (χ0n) is 36.6. The standard InChI is InChI=1S/C15H26N6O6.C12H15N3O3.C6H6O.2C2H6O.C2H6/c1-11(22)20(9-26-5)14-16-13(19(7-24-3)8-25-4)17-15(18-14)21(10-27-6)12(2)23;1-4-7-16-10-13-11(17-8-5-2)15-12(14-10)18-9-6-3;7-6-4-2-1-3-5-6;2*1-2-3;1-2/h7-10H2,1-6H3;4-6H,1-3,7-9H2;1-5,7H;2*3H,2H2,1H3;1-2H3. The number of hydrogen-bond donors (Lipinski definition) is 3. The SMILES string of the molecule is C=CCOc1nc(OCC=C)nc(OCC=C)n1.CC.CCO.CCO.COCN(COC)c1nc(N(COC)C(C)=O)nc(N(COC)C(C)=O)n1.Oc1ccccc1. The summed E-state index contributed by atoms with van der Waals surface area (Å²) in [7, 11) is 5.89. The largest absolute Gasteiger partial charge is 0.508 e. The first-order chi connectivity index (χ1) is 28.9. The summed E-state index contributed by atoms with van der Waals surface area (Å²) in [6.45, 7) is 22.1. The average Bonchev–Trinajstić information content (AvgIpc) is 3.24. The second-order valence-corrected chi connectivity index (χ2v) is 10.3. The molecule has 3 aromatic rings. The first-order valence-corrected chi connectivity index (χ1v) is 18.4. The molecule has 0 fully saturated rings. The lowest BCUT2D eigenvalue weighted by molar-refractivity contribution is -0.118. The van der Waals surface area contributed by atoms with Gasteiger partial charge in [0.1, 0.15) is 52.5 Å². The first kappa shape index (κ1) is 58.5. The van der Waals surface area contributed by atoms with Crippen LogP contribution in [0.5, 0.6) is 23.8 Å². The van der Waals surface area contributed by atoms with E-state index in [0.717, 1.165) is 0 Å². The Morgan fingerprint density at radius 3 is 1.12 bits per heavy atom. The summed E-state index contributed by atoms with van der Waals surface area (Å²) in [6.07, 6.45) is 4.75. The highest BCUT2D eigenvalue weighted by molar-refractivity contribution is 5.91. The van der Waals surface area contributed by atoms with Crippen molar-refractivity contribution in [1.82, 2.24) is 29.9 Å². The van der Waals surface area contributed by atoms with E-state index in [-0.39, 0.29) is 108 Å². The van der Waals surface area contributed by atoms with Crippen molar-refractivity contribution < 1.29 is 58.1 Å². The van der Waals surface area contributed by atoms with Crippen LogP contribution in [0, 0.1) is 0 Å². The summed E-state index contributed by atoms with van der Waals surface area (Å²) in [5.41, 5.74) is 0. The van der Waals surface area contributed by atoms with Gasteiger partial charge in [-0.1, -0.05) is 70.0 Å². The molecule has 0 aliphatic carbocycles. The molecule has 2 heterocycles. The van der Waals surface area contributed by atoms with Crippen molar-refractivity contribution in [2.24, 2.45) is 0 Å². The number of aromatic nitrogens is 6. The molecule has 2 aromatic heterocycles. The van der Waals surface area contributed by atoms with Crippen molar-refractivity contribution >= 4 is 29.7 Å². The molecule has 0 aliphatic rings. The van der Waals surface area contributed by atoms with Crippen molar-refractivity contribution in [2.45, 2.75) is 41.5 Å². The van der Waals surface area contributed by atoms with Crippen molar-refractivity contribution in [3.8, 4) is 23.8 Å². The van der Waals surface area contributed by atoms with Gasteiger partial charge < -0.3 is 48.5 Å². The Morgan fingerprint density at radius 2 is 0.883 bits per heavy atom. The van der Waals surface area contributed by atoms with Gasteiger partial charge in [0.25, 0.3) is 0 Å². The summed E-state index contributed by atoms with van der Waals surface area (Å²) in [4.78, 5) is 52.6. The minimum absolute atomic E-state index is 0.0175. The highest BCUT2D eigenvalue weighted by Crippen LogP contribution is 2.20. The van der Waals surface area contributed by atoms with Crippen LogP contribution in [0.1, 0.15) is 41.5 Å². The highest BCUT2D eigenvalue weighted by Gasteiger charge is 2.24. The molecule has 0 saturated heterocycles. The zero-order valence-corrected chi connectivity index (χ0v) is 36.6. The van der Waals surface area contributed by atoms with E-state index in [2.05, 4.69) is 49.6 Å². The number of aliphatic hydroxyl groups excluding tert-OH is 2. The van der Waals surface area contributed by atoms with E-state index in [1.807, 2.05) is 19.9 Å². The zero-order chi connectivity index (χ0) is 46.1. The van der Waals surface area contributed by atoms with Gasteiger partial charge in [0.15, 0.2) is 0 Å². The van der Waals surface area contributed by atoms with Crippen molar-refractivity contribution in [2.75, 3.05) is 103 Å². The number of phenols is 1. The lowest BCUT2D eigenvalue weighted by Gasteiger charge is -2.25. The van der Waals surface area contributed by atoms with E-state index in [4.69, 9.17) is 48.5 Å². The van der Waals surface area contributed by atoms with Gasteiger partial charge in [-0.25, -0.2) is 0 Å². The van der Waals surface area contributed by atoms with Crippen molar-refractivity contribution in [3.05, 3.63) is 68.3 Å². The van der Waals surface area contributed by atoms with Gasteiger partial charge in [0, 0.05) is 55.5 Å². The number of ether oxygens (including phenoxy) is 7. The fourth-order valence-corrected chi connectivity index (χ4v) is 3.37. The Morgan fingerprint density at radius 1 is 0.583 bits per heavy atom. The number of anilines is 3. The Bertz CT molecular complexity index is 1440. The molecular weight excluding hydrogens is 786 g/mol. The molecule has 0 saturated carbocycles. The van der Waals surface area contributed by atoms with Crippen LogP contribution in [0.15, 0.2) is 68.3 Å². The number of aliphatic hydroxyl groups is 2. The van der Waals surface area contributed by atoms with Gasteiger partial charge in [-0.15, -0.1) is 15.0 Å². The molecule has 3 rings (SSSR count). The third kappa shape index (κ3) is 27.7. The van der Waals surface area contributed by atoms with Gasteiger partial charge in [-0.2, -0.15) is 15.0 Å². The maximum absolute atomic E-state index is 12.0. The third-order valence-electron chi connectivity index (χ3n) is 5.53. The number of amides is 2. The molecule has 60 heavy (non-hydrogen) atoms. The van der Waals surface area contributed by atoms with Gasteiger partial charge in [0.05, 0.1) is 0 Å². The normalized spacial score (nSPS) is 9.27. The lowest BCUT2D eigenvalue weighted by atomic mass is 10.3. The molecule has 1 aromatic carbocycles. The maximum Gasteiger partial charge on any atom is 0.326 e. The van der Waals surface area contributed by atoms with E-state index in [1.54, 1.807) is 61.2 Å². The van der Waals surface area contributed by atoms with Gasteiger partial charge in [-0.3, -0.25) is 24.3 Å².